The quantitative estimate of drug-likeness (QED) is 0.715. The molecule has 1 saturated heterocycles. The minimum atomic E-state index is -0.202. The molecule has 1 aliphatic heterocycles. The first-order valence-corrected chi connectivity index (χ1v) is 5.91. The van der Waals surface area contributed by atoms with Crippen molar-refractivity contribution in [1.29, 1.82) is 0 Å². The van der Waals surface area contributed by atoms with E-state index in [4.69, 9.17) is 0 Å². The van der Waals surface area contributed by atoms with E-state index in [2.05, 4.69) is 15.5 Å². The first-order chi connectivity index (χ1) is 8.68. The number of piperazine rings is 1. The number of hydrogen-bond acceptors (Lipinski definition) is 4. The van der Waals surface area contributed by atoms with E-state index in [0.29, 0.717) is 18.7 Å². The van der Waals surface area contributed by atoms with Gasteiger partial charge in [0.2, 0.25) is 5.91 Å². The van der Waals surface area contributed by atoms with Crippen molar-refractivity contribution >= 4 is 11.8 Å². The van der Waals surface area contributed by atoms with Crippen LogP contribution in [0.4, 0.5) is 0 Å². The van der Waals surface area contributed by atoms with Crippen LogP contribution < -0.4 is 5.32 Å². The number of hydrogen-bond donors (Lipinski definition) is 2. The monoisotopic (exact) mass is 251 g/mol. The summed E-state index contributed by atoms with van der Waals surface area (Å²) >= 11 is 0. The maximum atomic E-state index is 12.0. The second-order valence-electron chi connectivity index (χ2n) is 4.28. The second-order valence-corrected chi connectivity index (χ2v) is 4.28. The highest BCUT2D eigenvalue weighted by Gasteiger charge is 2.20. The Bertz CT molecular complexity index is 411. The fourth-order valence-corrected chi connectivity index (χ4v) is 1.88. The number of amides is 2. The maximum Gasteiger partial charge on any atom is 0.257 e. The lowest BCUT2D eigenvalue weighted by Gasteiger charge is -2.29. The Labute approximate surface area is 105 Å². The highest BCUT2D eigenvalue weighted by molar-refractivity contribution is 5.95. The molecule has 0 bridgehead atoms. The van der Waals surface area contributed by atoms with Crippen molar-refractivity contribution in [2.24, 2.45) is 0 Å². The molecular weight excluding hydrogens is 234 g/mol. The molecule has 7 nitrogen and oxygen atoms in total. The fraction of sp³-hybridized carbons (Fsp3) is 0.545. The molecule has 1 fully saturated rings. The third-order valence-electron chi connectivity index (χ3n) is 2.93. The van der Waals surface area contributed by atoms with Gasteiger partial charge in [-0.05, 0) is 0 Å². The van der Waals surface area contributed by atoms with Crippen LogP contribution in [-0.4, -0.2) is 71.6 Å². The first-order valence-electron chi connectivity index (χ1n) is 5.91. The SMILES string of the molecule is CN(CC(=O)N1CCNCC1)C(=O)c1cn[nH]c1. The number of nitrogens with zero attached hydrogens (tertiary/aromatic N) is 3. The summed E-state index contributed by atoms with van der Waals surface area (Å²) in [5, 5.41) is 9.48. The molecule has 0 spiro atoms. The van der Waals surface area contributed by atoms with E-state index in [9.17, 15) is 9.59 Å². The zero-order valence-electron chi connectivity index (χ0n) is 10.3. The van der Waals surface area contributed by atoms with E-state index in [1.807, 2.05) is 0 Å². The van der Waals surface area contributed by atoms with Crippen molar-refractivity contribution in [2.45, 2.75) is 0 Å². The lowest BCUT2D eigenvalue weighted by Crippen LogP contribution is -2.49. The zero-order valence-corrected chi connectivity index (χ0v) is 10.3. The van der Waals surface area contributed by atoms with Crippen LogP contribution in [0.1, 0.15) is 10.4 Å². The minimum absolute atomic E-state index is 0.0177. The van der Waals surface area contributed by atoms with Crippen LogP contribution in [0.2, 0.25) is 0 Å². The molecule has 1 aromatic rings. The largest absolute Gasteiger partial charge is 0.339 e. The molecule has 0 atom stereocenters. The number of likely N-dealkylation sites (N-methyl/N-ethyl adjacent to an activating group) is 1. The van der Waals surface area contributed by atoms with Crippen molar-refractivity contribution in [3.05, 3.63) is 18.0 Å². The van der Waals surface area contributed by atoms with Crippen molar-refractivity contribution in [2.75, 3.05) is 39.8 Å². The molecule has 2 rings (SSSR count). The Kier molecular flexibility index (Phi) is 3.93. The molecule has 0 aromatic carbocycles. The molecule has 7 heteroatoms. The average molecular weight is 251 g/mol. The first kappa shape index (κ1) is 12.6. The molecule has 1 aliphatic rings. The Balaban J connectivity index is 1.88. The second kappa shape index (κ2) is 5.63. The molecule has 0 radical (unpaired) electrons. The van der Waals surface area contributed by atoms with Gasteiger partial charge in [-0.25, -0.2) is 0 Å². The number of rotatable bonds is 3. The zero-order chi connectivity index (χ0) is 13.0. The molecule has 98 valence electrons. The number of carbonyl (C=O) groups excluding carboxylic acids is 2. The van der Waals surface area contributed by atoms with Gasteiger partial charge in [-0.2, -0.15) is 5.10 Å². The molecule has 0 saturated carbocycles. The average Bonchev–Trinajstić information content (AvgIpc) is 2.92. The molecule has 2 N–H and O–H groups in total. The van der Waals surface area contributed by atoms with Crippen molar-refractivity contribution in [3.63, 3.8) is 0 Å². The highest BCUT2D eigenvalue weighted by Crippen LogP contribution is 2.01. The smallest absolute Gasteiger partial charge is 0.257 e. The third kappa shape index (κ3) is 2.86. The topological polar surface area (TPSA) is 81.3 Å². The van der Waals surface area contributed by atoms with Gasteiger partial charge in [0.15, 0.2) is 0 Å². The lowest BCUT2D eigenvalue weighted by atomic mass is 10.3. The summed E-state index contributed by atoms with van der Waals surface area (Å²) < 4.78 is 0. The molecule has 2 amide bonds. The van der Waals surface area contributed by atoms with Gasteiger partial charge in [-0.3, -0.25) is 14.7 Å². The number of aromatic nitrogens is 2. The van der Waals surface area contributed by atoms with Gasteiger partial charge < -0.3 is 15.1 Å². The van der Waals surface area contributed by atoms with Crippen LogP contribution in [-0.2, 0) is 4.79 Å². The molecular formula is C11H17N5O2. The highest BCUT2D eigenvalue weighted by atomic mass is 16.2. The maximum absolute atomic E-state index is 12.0. The van der Waals surface area contributed by atoms with E-state index in [-0.39, 0.29) is 18.4 Å². The summed E-state index contributed by atoms with van der Waals surface area (Å²) in [6, 6.07) is 0. The van der Waals surface area contributed by atoms with E-state index in [1.54, 1.807) is 11.9 Å². The predicted octanol–water partition coefficient (Wildman–Crippen LogP) is -1.09. The summed E-state index contributed by atoms with van der Waals surface area (Å²) in [5.41, 5.74) is 0.464. The number of nitrogens with one attached hydrogen (secondary N) is 2. The summed E-state index contributed by atoms with van der Waals surface area (Å²) in [6.45, 7) is 3.12. The number of carbonyl (C=O) groups is 2. The van der Waals surface area contributed by atoms with Gasteiger partial charge in [0.25, 0.3) is 5.91 Å². The molecule has 2 heterocycles. The minimum Gasteiger partial charge on any atom is -0.339 e. The Morgan fingerprint density at radius 3 is 2.78 bits per heavy atom. The Morgan fingerprint density at radius 1 is 1.44 bits per heavy atom. The van der Waals surface area contributed by atoms with E-state index < -0.39 is 0 Å². The molecule has 0 unspecified atom stereocenters. The van der Waals surface area contributed by atoms with E-state index in [1.165, 1.54) is 17.3 Å². The molecule has 0 aliphatic carbocycles. The van der Waals surface area contributed by atoms with Gasteiger partial charge in [0.05, 0.1) is 18.3 Å². The summed E-state index contributed by atoms with van der Waals surface area (Å²) in [6.07, 6.45) is 2.97. The standard InChI is InChI=1S/C11H17N5O2/c1-15(11(18)9-6-13-14-7-9)8-10(17)16-4-2-12-3-5-16/h6-7,12H,2-5,8H2,1H3,(H,13,14). The lowest BCUT2D eigenvalue weighted by molar-refractivity contribution is -0.132. The van der Waals surface area contributed by atoms with Crippen LogP contribution in [0.3, 0.4) is 0 Å². The summed E-state index contributed by atoms with van der Waals surface area (Å²) in [5.74, 6) is -0.219. The number of H-pyrrole nitrogens is 1. The Morgan fingerprint density at radius 2 is 2.17 bits per heavy atom. The van der Waals surface area contributed by atoms with Crippen LogP contribution in [0.15, 0.2) is 12.4 Å². The molecule has 18 heavy (non-hydrogen) atoms. The van der Waals surface area contributed by atoms with Crippen LogP contribution in [0.25, 0.3) is 0 Å². The summed E-state index contributed by atoms with van der Waals surface area (Å²) in [7, 11) is 1.62. The van der Waals surface area contributed by atoms with Gasteiger partial charge in [0, 0.05) is 39.4 Å². The van der Waals surface area contributed by atoms with Gasteiger partial charge in [-0.15, -0.1) is 0 Å². The Hall–Kier alpha value is -1.89. The fourth-order valence-electron chi connectivity index (χ4n) is 1.88. The predicted molar refractivity (Wildman–Crippen MR) is 65.0 cm³/mol. The molecule has 1 aromatic heterocycles. The van der Waals surface area contributed by atoms with Crippen molar-refractivity contribution < 1.29 is 9.59 Å². The van der Waals surface area contributed by atoms with Crippen LogP contribution >= 0.6 is 0 Å². The van der Waals surface area contributed by atoms with Crippen molar-refractivity contribution in [3.8, 4) is 0 Å². The summed E-state index contributed by atoms with van der Waals surface area (Å²) in [4.78, 5) is 27.1. The normalized spacial score (nSPS) is 15.5. The van der Waals surface area contributed by atoms with E-state index in [0.717, 1.165) is 13.1 Å². The van der Waals surface area contributed by atoms with Crippen LogP contribution in [0.5, 0.6) is 0 Å². The van der Waals surface area contributed by atoms with E-state index >= 15 is 0 Å². The van der Waals surface area contributed by atoms with Crippen LogP contribution in [0, 0.1) is 0 Å². The van der Waals surface area contributed by atoms with Crippen molar-refractivity contribution in [1.82, 2.24) is 25.3 Å². The third-order valence-corrected chi connectivity index (χ3v) is 2.93. The number of aromatic amines is 1. The van der Waals surface area contributed by atoms with Gasteiger partial charge >= 0.3 is 0 Å². The van der Waals surface area contributed by atoms with Gasteiger partial charge in [-0.1, -0.05) is 0 Å². The van der Waals surface area contributed by atoms with Gasteiger partial charge in [0.1, 0.15) is 0 Å².